The highest BCUT2D eigenvalue weighted by Crippen LogP contribution is 2.52. The van der Waals surface area contributed by atoms with E-state index in [1.165, 1.54) is 0 Å². The Balaban J connectivity index is 2.26. The van der Waals surface area contributed by atoms with Gasteiger partial charge in [-0.05, 0) is 38.5 Å². The van der Waals surface area contributed by atoms with Gasteiger partial charge in [0.2, 0.25) is 22.8 Å². The van der Waals surface area contributed by atoms with E-state index >= 15 is 0 Å². The highest BCUT2D eigenvalue weighted by Gasteiger charge is 2.83. The zero-order valence-electron chi connectivity index (χ0n) is 27.8. The number of carbonyl (C=O) groups excluding carboxylic acids is 1. The third kappa shape index (κ3) is 8.68. The second kappa shape index (κ2) is 19.2. The molecule has 0 amide bonds. The molecule has 2 aliphatic heterocycles. The molecule has 0 spiro atoms. The van der Waals surface area contributed by atoms with E-state index in [1.807, 2.05) is 0 Å². The van der Waals surface area contributed by atoms with Crippen LogP contribution in [0.4, 0.5) is 0 Å². The van der Waals surface area contributed by atoms with Gasteiger partial charge < -0.3 is 75.9 Å². The van der Waals surface area contributed by atoms with Crippen LogP contribution in [-0.2, 0) is 14.3 Å². The number of ether oxygens (including phenoxy) is 2. The summed E-state index contributed by atoms with van der Waals surface area (Å²) in [5.74, 6) is -9.73. The Hall–Kier alpha value is -1.71. The fourth-order valence-electron chi connectivity index (χ4n) is 6.31. The predicted molar refractivity (Wildman–Crippen MR) is 171 cm³/mol. The maximum atomic E-state index is 13.7. The standard InChI is InChI=1S/C33H56O16/c1-2-3-4-5-6-7-8-9-10-11-12-13-14-15-16-17-23(37)30(44)28(42)26(40)22(19-35)49-33(30,47)31(45,24(38)20-36)32(46)29(43)27(41)25(39)21(18-34)48-32/h3-4,6-7,9-10,21-22,24-29,34-36,38-47H,2,5,8,11-20H2,1H3/b4-3+,7-6+,10-9+/t21-,22-,24?,25+,26+,27+,28+,29-,30+,31?,32+,33+/m1/s1. The molecule has 2 saturated heterocycles. The molecule has 2 unspecified atom stereocenters. The molecule has 12 atom stereocenters. The van der Waals surface area contributed by atoms with E-state index in [4.69, 9.17) is 9.47 Å². The van der Waals surface area contributed by atoms with Crippen molar-refractivity contribution >= 4 is 5.78 Å². The van der Waals surface area contributed by atoms with Crippen molar-refractivity contribution in [3.05, 3.63) is 36.5 Å². The van der Waals surface area contributed by atoms with Crippen molar-refractivity contribution < 1.29 is 80.7 Å². The summed E-state index contributed by atoms with van der Waals surface area (Å²) >= 11 is 0. The second-order valence-corrected chi connectivity index (χ2v) is 12.6. The Morgan fingerprint density at radius 1 is 0.735 bits per heavy atom. The molecule has 0 aromatic heterocycles. The predicted octanol–water partition coefficient (Wildman–Crippen LogP) is -3.08. The lowest BCUT2D eigenvalue weighted by Gasteiger charge is -2.63. The highest BCUT2D eigenvalue weighted by molar-refractivity contribution is 5.89. The first-order valence-corrected chi connectivity index (χ1v) is 16.7. The van der Waals surface area contributed by atoms with E-state index in [2.05, 4.69) is 43.4 Å². The van der Waals surface area contributed by atoms with Gasteiger partial charge in [-0.1, -0.05) is 62.6 Å². The molecule has 0 radical (unpaired) electrons. The summed E-state index contributed by atoms with van der Waals surface area (Å²) in [6.45, 7) is -2.00. The average Bonchev–Trinajstić information content (AvgIpc) is 3.10. The molecule has 2 aliphatic rings. The third-order valence-corrected chi connectivity index (χ3v) is 9.31. The van der Waals surface area contributed by atoms with Crippen molar-refractivity contribution in [1.82, 2.24) is 0 Å². The Kier molecular flexibility index (Phi) is 17.0. The number of carbonyl (C=O) groups is 1. The highest BCUT2D eigenvalue weighted by atomic mass is 16.7. The van der Waals surface area contributed by atoms with Gasteiger partial charge in [0.25, 0.3) is 0 Å². The van der Waals surface area contributed by atoms with Crippen LogP contribution in [0.1, 0.15) is 71.1 Å². The Labute approximate surface area is 285 Å². The minimum absolute atomic E-state index is 0.0401. The molecule has 2 heterocycles. The van der Waals surface area contributed by atoms with Crippen LogP contribution in [0.5, 0.6) is 0 Å². The molecular weight excluding hydrogens is 652 g/mol. The number of hydrogen-bond donors (Lipinski definition) is 13. The molecule has 2 fully saturated rings. The van der Waals surface area contributed by atoms with Crippen molar-refractivity contribution in [1.29, 1.82) is 0 Å². The van der Waals surface area contributed by atoms with Crippen molar-refractivity contribution in [2.24, 2.45) is 0 Å². The monoisotopic (exact) mass is 708 g/mol. The summed E-state index contributed by atoms with van der Waals surface area (Å²) in [7, 11) is 0. The van der Waals surface area contributed by atoms with Crippen molar-refractivity contribution in [2.45, 2.75) is 143 Å². The second-order valence-electron chi connectivity index (χ2n) is 12.6. The molecule has 0 aromatic carbocycles. The number of ketones is 1. The van der Waals surface area contributed by atoms with E-state index in [9.17, 15) is 71.2 Å². The summed E-state index contributed by atoms with van der Waals surface area (Å²) in [5, 5.41) is 140. The first kappa shape index (κ1) is 43.5. The molecular formula is C33H56O16. The van der Waals surface area contributed by atoms with Crippen LogP contribution in [0, 0.1) is 0 Å². The van der Waals surface area contributed by atoms with Gasteiger partial charge in [0.05, 0.1) is 19.8 Å². The van der Waals surface area contributed by atoms with E-state index in [-0.39, 0.29) is 6.42 Å². The summed E-state index contributed by atoms with van der Waals surface area (Å²) in [4.78, 5) is 13.7. The van der Waals surface area contributed by atoms with Crippen LogP contribution in [0.2, 0.25) is 0 Å². The van der Waals surface area contributed by atoms with Crippen LogP contribution in [0.25, 0.3) is 0 Å². The molecule has 49 heavy (non-hydrogen) atoms. The molecule has 0 saturated carbocycles. The normalized spacial score (nSPS) is 37.6. The van der Waals surface area contributed by atoms with Gasteiger partial charge in [-0.15, -0.1) is 0 Å². The van der Waals surface area contributed by atoms with Gasteiger partial charge >= 0.3 is 0 Å². The number of rotatable bonds is 20. The van der Waals surface area contributed by atoms with Crippen LogP contribution in [0.3, 0.4) is 0 Å². The minimum atomic E-state index is -4.24. The third-order valence-electron chi connectivity index (χ3n) is 9.31. The number of hydrogen-bond acceptors (Lipinski definition) is 16. The van der Waals surface area contributed by atoms with Crippen LogP contribution >= 0.6 is 0 Å². The van der Waals surface area contributed by atoms with E-state index < -0.39 is 104 Å². The minimum Gasteiger partial charge on any atom is -0.394 e. The average molecular weight is 709 g/mol. The Morgan fingerprint density at radius 3 is 1.84 bits per heavy atom. The molecule has 16 heteroatoms. The summed E-state index contributed by atoms with van der Waals surface area (Å²) in [5.41, 5.74) is -8.11. The van der Waals surface area contributed by atoms with Gasteiger partial charge in [0.15, 0.2) is 5.78 Å². The van der Waals surface area contributed by atoms with Gasteiger partial charge in [-0.2, -0.15) is 0 Å². The fraction of sp³-hybridized carbons (Fsp3) is 0.788. The first-order chi connectivity index (χ1) is 23.1. The summed E-state index contributed by atoms with van der Waals surface area (Å²) in [6.07, 6.45) is -1.67. The first-order valence-electron chi connectivity index (χ1n) is 16.7. The van der Waals surface area contributed by atoms with E-state index in [0.717, 1.165) is 38.5 Å². The smallest absolute Gasteiger partial charge is 0.243 e. The topological polar surface area (TPSA) is 299 Å². The lowest BCUT2D eigenvalue weighted by molar-refractivity contribution is -0.502. The van der Waals surface area contributed by atoms with Crippen molar-refractivity contribution in [2.75, 3.05) is 19.8 Å². The number of aliphatic hydroxyl groups excluding tert-OH is 9. The maximum Gasteiger partial charge on any atom is 0.243 e. The van der Waals surface area contributed by atoms with Crippen LogP contribution < -0.4 is 0 Å². The molecule has 284 valence electrons. The Bertz CT molecular complexity index is 1100. The summed E-state index contributed by atoms with van der Waals surface area (Å²) in [6, 6.07) is 0. The van der Waals surface area contributed by atoms with Crippen molar-refractivity contribution in [3.63, 3.8) is 0 Å². The number of unbranched alkanes of at least 4 members (excludes halogenated alkanes) is 5. The van der Waals surface area contributed by atoms with E-state index in [0.29, 0.717) is 12.8 Å². The van der Waals surface area contributed by atoms with Gasteiger partial charge in [-0.25, -0.2) is 0 Å². The quantitative estimate of drug-likeness (QED) is 0.0441. The molecule has 2 rings (SSSR count). The molecule has 16 nitrogen and oxygen atoms in total. The molecule has 0 bridgehead atoms. The van der Waals surface area contributed by atoms with Crippen LogP contribution in [-0.4, -0.2) is 164 Å². The SMILES string of the molecule is CC/C=C/C/C=C/C/C=C/CCCCCCCC(=O)[C@]1(O)[C@@H](O)[C@@H](O)[C@@H](CO)O[C@]1(O)C(O)(C(O)CO)[C@@]1(O)O[C@H](CO)[C@H](O)[C@H](O)[C@H]1O. The number of Topliss-reactive ketones (excluding diaryl/α,β-unsaturated/α-hetero) is 1. The van der Waals surface area contributed by atoms with Crippen LogP contribution in [0.15, 0.2) is 36.5 Å². The van der Waals surface area contributed by atoms with Gasteiger partial charge in [-0.3, -0.25) is 4.79 Å². The van der Waals surface area contributed by atoms with Gasteiger partial charge in [0.1, 0.15) is 48.8 Å². The molecule has 13 N–H and O–H groups in total. The molecule has 0 aromatic rings. The number of allylic oxidation sites excluding steroid dienone is 6. The zero-order valence-corrected chi connectivity index (χ0v) is 27.8. The van der Waals surface area contributed by atoms with Crippen molar-refractivity contribution in [3.8, 4) is 0 Å². The fourth-order valence-corrected chi connectivity index (χ4v) is 6.31. The van der Waals surface area contributed by atoms with Gasteiger partial charge in [0, 0.05) is 6.42 Å². The maximum absolute atomic E-state index is 13.7. The van der Waals surface area contributed by atoms with E-state index in [1.54, 1.807) is 0 Å². The largest absolute Gasteiger partial charge is 0.394 e. The lowest BCUT2D eigenvalue weighted by atomic mass is 9.62. The molecule has 0 aliphatic carbocycles. The zero-order chi connectivity index (χ0) is 37.0. The lowest BCUT2D eigenvalue weighted by Crippen LogP contribution is -2.91. The summed E-state index contributed by atoms with van der Waals surface area (Å²) < 4.78 is 10.3. The number of aliphatic hydroxyl groups is 13. The Morgan fingerprint density at radius 2 is 1.27 bits per heavy atom.